The summed E-state index contributed by atoms with van der Waals surface area (Å²) in [5.74, 6) is 0.821. The first-order valence-electron chi connectivity index (χ1n) is 4.67. The summed E-state index contributed by atoms with van der Waals surface area (Å²) in [4.78, 5) is 0. The first-order chi connectivity index (χ1) is 6.42. The molecule has 1 saturated heterocycles. The SMILES string of the molecule is NCc1cnoc1C1CCCCO1. The largest absolute Gasteiger partial charge is 0.370 e. The average Bonchev–Trinajstić information content (AvgIpc) is 2.67. The Kier molecular flexibility index (Phi) is 2.61. The highest BCUT2D eigenvalue weighted by Crippen LogP contribution is 2.29. The van der Waals surface area contributed by atoms with Crippen LogP contribution in [0.4, 0.5) is 0 Å². The third kappa shape index (κ3) is 1.73. The predicted molar refractivity (Wildman–Crippen MR) is 46.9 cm³/mol. The van der Waals surface area contributed by atoms with E-state index in [4.69, 9.17) is 15.0 Å². The maximum Gasteiger partial charge on any atom is 0.169 e. The molecule has 72 valence electrons. The highest BCUT2D eigenvalue weighted by atomic mass is 16.5. The summed E-state index contributed by atoms with van der Waals surface area (Å²) in [5.41, 5.74) is 6.51. The molecule has 0 aromatic carbocycles. The van der Waals surface area contributed by atoms with Crippen LogP contribution in [0, 0.1) is 0 Å². The topological polar surface area (TPSA) is 61.3 Å². The van der Waals surface area contributed by atoms with Gasteiger partial charge < -0.3 is 15.0 Å². The lowest BCUT2D eigenvalue weighted by atomic mass is 10.0. The molecule has 0 bridgehead atoms. The number of hydrogen-bond donors (Lipinski definition) is 1. The summed E-state index contributed by atoms with van der Waals surface area (Å²) in [6.45, 7) is 1.29. The quantitative estimate of drug-likeness (QED) is 0.750. The Bertz CT molecular complexity index is 266. The van der Waals surface area contributed by atoms with Gasteiger partial charge in [-0.3, -0.25) is 0 Å². The van der Waals surface area contributed by atoms with E-state index in [1.54, 1.807) is 6.20 Å². The average molecular weight is 182 g/mol. The minimum atomic E-state index is 0.0785. The van der Waals surface area contributed by atoms with Crippen molar-refractivity contribution in [3.8, 4) is 0 Å². The molecule has 1 aliphatic heterocycles. The van der Waals surface area contributed by atoms with Crippen LogP contribution in [0.3, 0.4) is 0 Å². The van der Waals surface area contributed by atoms with Crippen molar-refractivity contribution < 1.29 is 9.26 Å². The second-order valence-electron chi connectivity index (χ2n) is 3.27. The lowest BCUT2D eigenvalue weighted by Gasteiger charge is -2.20. The number of nitrogens with two attached hydrogens (primary N) is 1. The molecular formula is C9H14N2O2. The summed E-state index contributed by atoms with van der Waals surface area (Å²) in [7, 11) is 0. The second-order valence-corrected chi connectivity index (χ2v) is 3.27. The first kappa shape index (κ1) is 8.72. The molecule has 0 saturated carbocycles. The van der Waals surface area contributed by atoms with Crippen LogP contribution in [-0.4, -0.2) is 11.8 Å². The van der Waals surface area contributed by atoms with Gasteiger partial charge in [0.25, 0.3) is 0 Å². The fourth-order valence-electron chi connectivity index (χ4n) is 1.64. The van der Waals surface area contributed by atoms with Gasteiger partial charge >= 0.3 is 0 Å². The van der Waals surface area contributed by atoms with Crippen molar-refractivity contribution in [3.63, 3.8) is 0 Å². The van der Waals surface area contributed by atoms with Crippen LogP contribution in [0.2, 0.25) is 0 Å². The van der Waals surface area contributed by atoms with E-state index in [9.17, 15) is 0 Å². The fourth-order valence-corrected chi connectivity index (χ4v) is 1.64. The zero-order valence-corrected chi connectivity index (χ0v) is 7.53. The molecule has 4 nitrogen and oxygen atoms in total. The van der Waals surface area contributed by atoms with E-state index in [0.29, 0.717) is 6.54 Å². The maximum atomic E-state index is 5.58. The van der Waals surface area contributed by atoms with Crippen LogP contribution in [0.25, 0.3) is 0 Å². The summed E-state index contributed by atoms with van der Waals surface area (Å²) >= 11 is 0. The molecule has 0 radical (unpaired) electrons. The molecule has 0 amide bonds. The predicted octanol–water partition coefficient (Wildman–Crippen LogP) is 1.37. The summed E-state index contributed by atoms with van der Waals surface area (Å²) in [6, 6.07) is 0. The highest BCUT2D eigenvalue weighted by molar-refractivity contribution is 5.15. The molecule has 13 heavy (non-hydrogen) atoms. The minimum absolute atomic E-state index is 0.0785. The smallest absolute Gasteiger partial charge is 0.169 e. The van der Waals surface area contributed by atoms with Gasteiger partial charge in [0.2, 0.25) is 0 Å². The van der Waals surface area contributed by atoms with Gasteiger partial charge in [0.15, 0.2) is 5.76 Å². The molecule has 4 heteroatoms. The van der Waals surface area contributed by atoms with Crippen molar-refractivity contribution in [1.29, 1.82) is 0 Å². The van der Waals surface area contributed by atoms with E-state index < -0.39 is 0 Å². The van der Waals surface area contributed by atoms with Crippen LogP contribution in [-0.2, 0) is 11.3 Å². The van der Waals surface area contributed by atoms with E-state index >= 15 is 0 Å². The summed E-state index contributed by atoms with van der Waals surface area (Å²) < 4.78 is 10.7. The molecule has 0 spiro atoms. The molecular weight excluding hydrogens is 168 g/mol. The molecule has 1 aromatic rings. The molecule has 2 N–H and O–H groups in total. The standard InChI is InChI=1S/C9H14N2O2/c10-5-7-6-11-13-9(7)8-3-1-2-4-12-8/h6,8H,1-5,10H2. The second kappa shape index (κ2) is 3.89. The third-order valence-electron chi connectivity index (χ3n) is 2.37. The molecule has 1 aromatic heterocycles. The van der Waals surface area contributed by atoms with E-state index in [-0.39, 0.29) is 6.10 Å². The lowest BCUT2D eigenvalue weighted by molar-refractivity contribution is -0.00198. The van der Waals surface area contributed by atoms with Crippen molar-refractivity contribution in [2.75, 3.05) is 6.61 Å². The van der Waals surface area contributed by atoms with Crippen molar-refractivity contribution in [2.45, 2.75) is 31.9 Å². The summed E-state index contributed by atoms with van der Waals surface area (Å²) in [6.07, 6.45) is 5.10. The lowest BCUT2D eigenvalue weighted by Crippen LogP contribution is -2.13. The monoisotopic (exact) mass is 182 g/mol. The maximum absolute atomic E-state index is 5.58. The van der Waals surface area contributed by atoms with Gasteiger partial charge in [0.05, 0.1) is 6.20 Å². The Hall–Kier alpha value is -0.870. The number of hydrogen-bond acceptors (Lipinski definition) is 4. The Balaban J connectivity index is 2.13. The van der Waals surface area contributed by atoms with E-state index in [0.717, 1.165) is 30.8 Å². The third-order valence-corrected chi connectivity index (χ3v) is 2.37. The zero-order chi connectivity index (χ0) is 9.10. The van der Waals surface area contributed by atoms with Gasteiger partial charge in [0, 0.05) is 18.7 Å². The van der Waals surface area contributed by atoms with Crippen molar-refractivity contribution in [2.24, 2.45) is 5.73 Å². The van der Waals surface area contributed by atoms with E-state index in [1.807, 2.05) is 0 Å². The molecule has 1 aliphatic rings. The molecule has 2 rings (SSSR count). The van der Waals surface area contributed by atoms with Crippen LogP contribution < -0.4 is 5.73 Å². The molecule has 1 fully saturated rings. The van der Waals surface area contributed by atoms with Gasteiger partial charge in [-0.25, -0.2) is 0 Å². The Morgan fingerprint density at radius 1 is 1.54 bits per heavy atom. The minimum Gasteiger partial charge on any atom is -0.370 e. The van der Waals surface area contributed by atoms with Gasteiger partial charge in [-0.05, 0) is 19.3 Å². The van der Waals surface area contributed by atoms with Crippen molar-refractivity contribution in [1.82, 2.24) is 5.16 Å². The summed E-state index contributed by atoms with van der Waals surface area (Å²) in [5, 5.41) is 3.73. The Labute approximate surface area is 77.0 Å². The van der Waals surface area contributed by atoms with Crippen LogP contribution in [0.5, 0.6) is 0 Å². The Morgan fingerprint density at radius 3 is 3.15 bits per heavy atom. The number of ether oxygens (including phenoxy) is 1. The number of rotatable bonds is 2. The van der Waals surface area contributed by atoms with Crippen LogP contribution in [0.1, 0.15) is 36.7 Å². The normalized spacial score (nSPS) is 23.3. The molecule has 1 unspecified atom stereocenters. The molecule has 2 heterocycles. The number of nitrogens with zero attached hydrogens (tertiary/aromatic N) is 1. The van der Waals surface area contributed by atoms with E-state index in [2.05, 4.69) is 5.16 Å². The Morgan fingerprint density at radius 2 is 2.46 bits per heavy atom. The fraction of sp³-hybridized carbons (Fsp3) is 0.667. The van der Waals surface area contributed by atoms with Crippen LogP contribution >= 0.6 is 0 Å². The van der Waals surface area contributed by atoms with Crippen molar-refractivity contribution in [3.05, 3.63) is 17.5 Å². The van der Waals surface area contributed by atoms with Crippen LogP contribution in [0.15, 0.2) is 10.7 Å². The molecule has 1 atom stereocenters. The van der Waals surface area contributed by atoms with Gasteiger partial charge in [-0.15, -0.1) is 0 Å². The highest BCUT2D eigenvalue weighted by Gasteiger charge is 2.22. The number of aromatic nitrogens is 1. The van der Waals surface area contributed by atoms with Gasteiger partial charge in [-0.1, -0.05) is 5.16 Å². The molecule has 0 aliphatic carbocycles. The first-order valence-corrected chi connectivity index (χ1v) is 4.67. The van der Waals surface area contributed by atoms with Gasteiger partial charge in [-0.2, -0.15) is 0 Å². The van der Waals surface area contributed by atoms with Gasteiger partial charge in [0.1, 0.15) is 6.10 Å². The van der Waals surface area contributed by atoms with Crippen molar-refractivity contribution >= 4 is 0 Å². The van der Waals surface area contributed by atoms with E-state index in [1.165, 1.54) is 6.42 Å². The zero-order valence-electron chi connectivity index (χ0n) is 7.53.